The smallest absolute Gasteiger partial charge is 0.328 e. The number of halogens is 2. The SMILES string of the molecule is O=C(O)/C=C/CN1C(=O)C(=O)c2cc(F)cc(Br)c21. The summed E-state index contributed by atoms with van der Waals surface area (Å²) in [7, 11) is 0. The summed E-state index contributed by atoms with van der Waals surface area (Å²) < 4.78 is 13.5. The van der Waals surface area contributed by atoms with Crippen molar-refractivity contribution in [1.29, 1.82) is 0 Å². The fourth-order valence-corrected chi connectivity index (χ4v) is 2.43. The molecular formula is C12H7BrFNO4. The summed E-state index contributed by atoms with van der Waals surface area (Å²) in [5.41, 5.74) is 0.229. The van der Waals surface area contributed by atoms with Crippen molar-refractivity contribution in [2.24, 2.45) is 0 Å². The summed E-state index contributed by atoms with van der Waals surface area (Å²) in [5, 5.41) is 8.48. The number of carbonyl (C=O) groups excluding carboxylic acids is 2. The molecule has 0 spiro atoms. The van der Waals surface area contributed by atoms with Crippen molar-refractivity contribution in [3.8, 4) is 0 Å². The van der Waals surface area contributed by atoms with Gasteiger partial charge in [0.25, 0.3) is 11.7 Å². The van der Waals surface area contributed by atoms with E-state index in [1.165, 1.54) is 6.08 Å². The van der Waals surface area contributed by atoms with Gasteiger partial charge >= 0.3 is 5.97 Å². The van der Waals surface area contributed by atoms with Crippen molar-refractivity contribution < 1.29 is 23.9 Å². The minimum atomic E-state index is -1.16. The lowest BCUT2D eigenvalue weighted by Crippen LogP contribution is -2.30. The number of rotatable bonds is 3. The van der Waals surface area contributed by atoms with Crippen molar-refractivity contribution in [1.82, 2.24) is 0 Å². The maximum Gasteiger partial charge on any atom is 0.328 e. The first-order chi connectivity index (χ1) is 8.91. The minimum absolute atomic E-state index is 0.0272. The lowest BCUT2D eigenvalue weighted by molar-refractivity contribution is -0.131. The molecular weight excluding hydrogens is 321 g/mol. The average Bonchev–Trinajstić information content (AvgIpc) is 2.54. The Labute approximate surface area is 115 Å². The van der Waals surface area contributed by atoms with Gasteiger partial charge in [-0.2, -0.15) is 0 Å². The summed E-state index contributed by atoms with van der Waals surface area (Å²) >= 11 is 3.09. The van der Waals surface area contributed by atoms with E-state index in [2.05, 4.69) is 15.9 Å². The van der Waals surface area contributed by atoms with Crippen LogP contribution in [0.1, 0.15) is 10.4 Å². The molecule has 1 aromatic carbocycles. The van der Waals surface area contributed by atoms with Gasteiger partial charge in [0.2, 0.25) is 0 Å². The van der Waals surface area contributed by atoms with E-state index < -0.39 is 23.5 Å². The number of carboxylic acid groups (broad SMARTS) is 1. The molecule has 2 rings (SSSR count). The first-order valence-electron chi connectivity index (χ1n) is 5.16. The van der Waals surface area contributed by atoms with E-state index in [1.807, 2.05) is 0 Å². The summed E-state index contributed by atoms with van der Waals surface area (Å²) in [6.45, 7) is -0.0753. The van der Waals surface area contributed by atoms with Crippen LogP contribution in [0.25, 0.3) is 0 Å². The molecule has 98 valence electrons. The van der Waals surface area contributed by atoms with Crippen LogP contribution in [0.3, 0.4) is 0 Å². The van der Waals surface area contributed by atoms with E-state index in [0.29, 0.717) is 0 Å². The maximum absolute atomic E-state index is 13.2. The molecule has 1 aliphatic rings. The van der Waals surface area contributed by atoms with E-state index >= 15 is 0 Å². The van der Waals surface area contributed by atoms with E-state index in [9.17, 15) is 18.8 Å². The van der Waals surface area contributed by atoms with Crippen LogP contribution in [-0.4, -0.2) is 29.3 Å². The number of nitrogens with zero attached hydrogens (tertiary/aromatic N) is 1. The molecule has 0 radical (unpaired) electrons. The molecule has 0 unspecified atom stereocenters. The molecule has 0 atom stereocenters. The third-order valence-electron chi connectivity index (χ3n) is 2.53. The Kier molecular flexibility index (Phi) is 3.48. The predicted octanol–water partition coefficient (Wildman–Crippen LogP) is 1.76. The molecule has 5 nitrogen and oxygen atoms in total. The second-order valence-electron chi connectivity index (χ2n) is 3.77. The largest absolute Gasteiger partial charge is 0.478 e. The highest BCUT2D eigenvalue weighted by Crippen LogP contribution is 2.36. The zero-order valence-electron chi connectivity index (χ0n) is 9.39. The summed E-state index contributed by atoms with van der Waals surface area (Å²) in [5.74, 6) is -3.40. The summed E-state index contributed by atoms with van der Waals surface area (Å²) in [4.78, 5) is 34.9. The first kappa shape index (κ1) is 13.4. The normalized spacial score (nSPS) is 14.3. The third-order valence-corrected chi connectivity index (χ3v) is 3.14. The number of hydrogen-bond donors (Lipinski definition) is 1. The van der Waals surface area contributed by atoms with E-state index in [0.717, 1.165) is 23.1 Å². The van der Waals surface area contributed by atoms with Gasteiger partial charge in [0.1, 0.15) is 5.82 Å². The van der Waals surface area contributed by atoms with Crippen molar-refractivity contribution in [2.45, 2.75) is 0 Å². The van der Waals surface area contributed by atoms with Crippen LogP contribution in [-0.2, 0) is 9.59 Å². The number of benzene rings is 1. The molecule has 0 saturated heterocycles. The zero-order valence-corrected chi connectivity index (χ0v) is 11.0. The van der Waals surface area contributed by atoms with Crippen LogP contribution < -0.4 is 4.90 Å². The standard InChI is InChI=1S/C12H7BrFNO4/c13-8-5-6(14)4-7-10(8)15(12(19)11(7)18)3-1-2-9(16)17/h1-2,4-5H,3H2,(H,16,17)/b2-1+. The van der Waals surface area contributed by atoms with E-state index in [1.54, 1.807) is 0 Å². The average molecular weight is 328 g/mol. The number of carboxylic acids is 1. The molecule has 0 bridgehead atoms. The number of anilines is 1. The van der Waals surface area contributed by atoms with Crippen LogP contribution in [0.5, 0.6) is 0 Å². The highest BCUT2D eigenvalue weighted by atomic mass is 79.9. The van der Waals surface area contributed by atoms with Crippen LogP contribution in [0, 0.1) is 5.82 Å². The van der Waals surface area contributed by atoms with Gasteiger partial charge < -0.3 is 5.11 Å². The third kappa shape index (κ3) is 2.41. The van der Waals surface area contributed by atoms with Gasteiger partial charge in [-0.3, -0.25) is 14.5 Å². The Morgan fingerprint density at radius 2 is 2.11 bits per heavy atom. The highest BCUT2D eigenvalue weighted by Gasteiger charge is 2.37. The Balaban J connectivity index is 2.41. The zero-order chi connectivity index (χ0) is 14.2. The molecule has 0 fully saturated rings. The van der Waals surface area contributed by atoms with E-state index in [4.69, 9.17) is 5.11 Å². The van der Waals surface area contributed by atoms with Gasteiger partial charge in [0, 0.05) is 17.1 Å². The molecule has 7 heteroatoms. The second kappa shape index (κ2) is 4.93. The number of fused-ring (bicyclic) bond motifs is 1. The Hall–Kier alpha value is -2.02. The molecule has 0 aromatic heterocycles. The van der Waals surface area contributed by atoms with Gasteiger partial charge in [0.15, 0.2) is 0 Å². The number of carbonyl (C=O) groups is 3. The fourth-order valence-electron chi connectivity index (χ4n) is 1.79. The van der Waals surface area contributed by atoms with Gasteiger partial charge in [-0.25, -0.2) is 9.18 Å². The number of ketones is 1. The van der Waals surface area contributed by atoms with Gasteiger partial charge in [-0.15, -0.1) is 0 Å². The molecule has 19 heavy (non-hydrogen) atoms. The lowest BCUT2D eigenvalue weighted by Gasteiger charge is -2.15. The van der Waals surface area contributed by atoms with E-state index in [-0.39, 0.29) is 22.3 Å². The van der Waals surface area contributed by atoms with Gasteiger partial charge in [0.05, 0.1) is 11.3 Å². The summed E-state index contributed by atoms with van der Waals surface area (Å²) in [6.07, 6.45) is 2.10. The van der Waals surface area contributed by atoms with Crippen LogP contribution >= 0.6 is 15.9 Å². The topological polar surface area (TPSA) is 74.7 Å². The number of aliphatic carboxylic acids is 1. The molecule has 1 amide bonds. The van der Waals surface area contributed by atoms with Crippen molar-refractivity contribution in [3.05, 3.63) is 40.1 Å². The summed E-state index contributed by atoms with van der Waals surface area (Å²) in [6, 6.07) is 2.12. The quantitative estimate of drug-likeness (QED) is 0.678. The molecule has 0 aliphatic carbocycles. The second-order valence-corrected chi connectivity index (χ2v) is 4.62. The number of amides is 1. The Bertz CT molecular complexity index is 626. The molecule has 0 saturated carbocycles. The maximum atomic E-state index is 13.2. The number of hydrogen-bond acceptors (Lipinski definition) is 3. The Morgan fingerprint density at radius 3 is 2.74 bits per heavy atom. The molecule has 1 heterocycles. The Morgan fingerprint density at radius 1 is 1.42 bits per heavy atom. The molecule has 1 N–H and O–H groups in total. The van der Waals surface area contributed by atoms with Crippen LogP contribution in [0.4, 0.5) is 10.1 Å². The van der Waals surface area contributed by atoms with Crippen molar-refractivity contribution in [2.75, 3.05) is 11.4 Å². The predicted molar refractivity (Wildman–Crippen MR) is 67.6 cm³/mol. The van der Waals surface area contributed by atoms with Crippen molar-refractivity contribution >= 4 is 39.3 Å². The monoisotopic (exact) mass is 327 g/mol. The van der Waals surface area contributed by atoms with Crippen molar-refractivity contribution in [3.63, 3.8) is 0 Å². The van der Waals surface area contributed by atoms with Gasteiger partial charge in [-0.05, 0) is 28.1 Å². The minimum Gasteiger partial charge on any atom is -0.478 e. The van der Waals surface area contributed by atoms with Crippen LogP contribution in [0.2, 0.25) is 0 Å². The molecule has 1 aliphatic heterocycles. The number of Topliss-reactive ketones (excluding diaryl/α,β-unsaturated/α-hetero) is 1. The van der Waals surface area contributed by atoms with Crippen LogP contribution in [0.15, 0.2) is 28.8 Å². The first-order valence-corrected chi connectivity index (χ1v) is 5.96. The fraction of sp³-hybridized carbons (Fsp3) is 0.0833. The van der Waals surface area contributed by atoms with Gasteiger partial charge in [-0.1, -0.05) is 6.08 Å². The highest BCUT2D eigenvalue weighted by molar-refractivity contribution is 9.10. The molecule has 1 aromatic rings. The lowest BCUT2D eigenvalue weighted by atomic mass is 10.1.